The number of nitrogens with one attached hydrogen (secondary N) is 12. The molecule has 0 spiro atoms. The normalized spacial score (nSPS) is 19.2. The summed E-state index contributed by atoms with van der Waals surface area (Å²) in [5.74, 6) is -13.1. The van der Waals surface area contributed by atoms with Gasteiger partial charge in [0, 0.05) is 63.0 Å². The highest BCUT2D eigenvalue weighted by Gasteiger charge is 2.35. The molecule has 2 fully saturated rings. The molecule has 2 heterocycles. The number of guanidine groups is 1. The molecular formula is C70H107FN16O23S3. The highest BCUT2D eigenvalue weighted by molar-refractivity contribution is 8.76. The fourth-order valence-corrected chi connectivity index (χ4v) is 13.0. The summed E-state index contributed by atoms with van der Waals surface area (Å²) in [5.41, 5.74) is 12.2. The Bertz CT molecular complexity index is 3310. The molecule has 0 saturated carbocycles. The topological polar surface area (TPSA) is 546 Å². The molecule has 0 aliphatic carbocycles. The zero-order chi connectivity index (χ0) is 82.1. The van der Waals surface area contributed by atoms with Gasteiger partial charge in [-0.05, 0) is 61.8 Å². The maximum absolute atomic E-state index is 14.6. The van der Waals surface area contributed by atoms with Crippen molar-refractivity contribution in [3.8, 4) is 0 Å². The van der Waals surface area contributed by atoms with Gasteiger partial charge in [-0.3, -0.25) is 67.3 Å². The van der Waals surface area contributed by atoms with Crippen LogP contribution in [0.25, 0.3) is 0 Å². The Morgan fingerprint density at radius 2 is 1.02 bits per heavy atom. The number of fused-ring (bicyclic) bond motifs is 5. The zero-order valence-electron chi connectivity index (χ0n) is 63.1. The number of oxime groups is 1. The maximum atomic E-state index is 14.6. The summed E-state index contributed by atoms with van der Waals surface area (Å²) in [7, 11) is 1.82. The lowest BCUT2D eigenvalue weighted by Crippen LogP contribution is -2.60. The molecule has 2 aromatic carbocycles. The van der Waals surface area contributed by atoms with Gasteiger partial charge in [0.1, 0.15) is 61.3 Å². The SMILES string of the molecule is CCCOCCOCCNC(=O)[C@@H]1CSCC(=O)N[C@@H](CCCCNC(=O)COCC(=O)NCCOCCOCCOCCOCCOCCNC(=O)CON=Cc2ccc([18F])cc2)C(=O)N[C@H]2CSSC[C@H](NC(=O)[C@H](CC(=O)O)NC(=O)CNC(=O)[C@H](CCCN=C(N)N)NC2=O)C(=O)N[C@@H](Cc2ccccc2)C(=O)N1. The van der Waals surface area contributed by atoms with Crippen LogP contribution in [0.2, 0.25) is 0 Å². The highest BCUT2D eigenvalue weighted by atomic mass is 33.1. The summed E-state index contributed by atoms with van der Waals surface area (Å²) >= 11 is 0.902. The summed E-state index contributed by atoms with van der Waals surface area (Å²) in [4.78, 5) is 186. The number of carboxylic acid groups (broad SMARTS) is 1. The lowest BCUT2D eigenvalue weighted by Gasteiger charge is -2.27. The molecule has 12 amide bonds. The lowest BCUT2D eigenvalue weighted by molar-refractivity contribution is -0.141. The van der Waals surface area contributed by atoms with Crippen LogP contribution in [0.4, 0.5) is 4.39 Å². The molecule has 0 aromatic heterocycles. The number of benzene rings is 2. The van der Waals surface area contributed by atoms with Gasteiger partial charge in [-0.1, -0.05) is 76.1 Å². The second-order valence-corrected chi connectivity index (χ2v) is 28.3. The number of ether oxygens (including phenoxy) is 8. The zero-order valence-corrected chi connectivity index (χ0v) is 65.6. The van der Waals surface area contributed by atoms with Crippen LogP contribution in [0.3, 0.4) is 0 Å². The third-order valence-electron chi connectivity index (χ3n) is 15.5. The van der Waals surface area contributed by atoms with Crippen molar-refractivity contribution < 1.29 is 115 Å². The molecule has 630 valence electrons. The number of carbonyl (C=O) groups excluding carboxylic acids is 12. The van der Waals surface area contributed by atoms with Crippen molar-refractivity contribution >= 4 is 122 Å². The first-order valence-corrected chi connectivity index (χ1v) is 40.4. The van der Waals surface area contributed by atoms with E-state index in [2.05, 4.69) is 73.9 Å². The third kappa shape index (κ3) is 46.0. The van der Waals surface area contributed by atoms with Crippen LogP contribution in [-0.4, -0.2) is 311 Å². The Labute approximate surface area is 666 Å². The van der Waals surface area contributed by atoms with Crippen LogP contribution in [0.15, 0.2) is 64.7 Å². The fraction of sp³-hybridized carbons (Fsp3) is 0.614. The fourth-order valence-electron chi connectivity index (χ4n) is 9.84. The first kappa shape index (κ1) is 96.3. The molecule has 2 aliphatic rings. The summed E-state index contributed by atoms with van der Waals surface area (Å²) < 4.78 is 56.7. The molecule has 39 nitrogen and oxygen atoms in total. The van der Waals surface area contributed by atoms with Crippen LogP contribution < -0.4 is 75.3 Å². The van der Waals surface area contributed by atoms with Crippen molar-refractivity contribution in [1.29, 1.82) is 0 Å². The number of carbonyl (C=O) groups is 13. The molecule has 2 aliphatic heterocycles. The minimum Gasteiger partial charge on any atom is -0.481 e. The molecular weight excluding hydrogens is 1550 g/mol. The molecule has 4 rings (SSSR count). The average molecular weight is 1650 g/mol. The molecule has 2 bridgehead atoms. The molecule has 43 heteroatoms. The Morgan fingerprint density at radius 1 is 0.522 bits per heavy atom. The van der Waals surface area contributed by atoms with Gasteiger partial charge < -0.3 is 123 Å². The van der Waals surface area contributed by atoms with Gasteiger partial charge in [0.05, 0.1) is 111 Å². The maximum Gasteiger partial charge on any atom is 0.305 e. The van der Waals surface area contributed by atoms with E-state index in [9.17, 15) is 71.8 Å². The van der Waals surface area contributed by atoms with Crippen molar-refractivity contribution in [2.45, 2.75) is 101 Å². The Morgan fingerprint density at radius 3 is 1.58 bits per heavy atom. The summed E-state index contributed by atoms with van der Waals surface area (Å²) in [6.07, 6.45) is 1.29. The standard InChI is InChI=1S/C70H107FN16O23S3/c1-2-22-102-26-27-105-25-21-77-64(96)54-43-111-46-61(92)81-51(11-6-7-17-74-58(89)40-109-41-59(90)75-19-23-103-28-30-106-32-34-108-35-33-107-31-29-104-24-20-76-60(91)42-110-80-38-48-13-15-49(71)16-14-48)65(97)86-55-44-112-113-45-56(69(101)84-52(66(98)85-54)36-47-9-4-3-5-10-47)87-67(99)53(37-62(93)94)82-57(88)39-79-63(95)50(83-68(55)100)12-8-18-78-70(72)73/h3-5,9-10,13-16,38,50-56H,2,6-8,11-12,17-37,39-46H2,1H3,(H,74,89)(H,75,90)(H,76,91)(H,77,96)(H,79,95)(H,81,92)(H,82,88)(H,83,100)(H,84,101)(H,85,98)(H,86,97)(H,87,99)(H,93,94)(H4,72,73,78)/t50-,51-,52-,53-,54-,55-,56-/m0/s1/i71-1. The first-order chi connectivity index (χ1) is 54.6. The van der Waals surface area contributed by atoms with Crippen LogP contribution in [0, 0.1) is 5.82 Å². The van der Waals surface area contributed by atoms with E-state index in [1.54, 1.807) is 30.3 Å². The largest absolute Gasteiger partial charge is 0.481 e. The molecule has 2 saturated heterocycles. The van der Waals surface area contributed by atoms with Crippen LogP contribution in [0.1, 0.15) is 63.0 Å². The number of thioether (sulfide) groups is 1. The minimum atomic E-state index is -1.83. The third-order valence-corrected chi connectivity index (χ3v) is 19.0. The highest BCUT2D eigenvalue weighted by Crippen LogP contribution is 2.24. The van der Waals surface area contributed by atoms with Crippen molar-refractivity contribution in [3.05, 3.63) is 71.5 Å². The van der Waals surface area contributed by atoms with E-state index >= 15 is 0 Å². The molecule has 17 N–H and O–H groups in total. The number of aliphatic imine (C=N–C) groups is 1. The summed E-state index contributed by atoms with van der Waals surface area (Å²) in [5, 5.41) is 44.6. The predicted molar refractivity (Wildman–Crippen MR) is 414 cm³/mol. The van der Waals surface area contributed by atoms with Gasteiger partial charge in [-0.2, -0.15) is 0 Å². The number of rotatable bonds is 48. The molecule has 0 radical (unpaired) electrons. The van der Waals surface area contributed by atoms with Crippen molar-refractivity contribution in [2.75, 3.05) is 175 Å². The number of unbranched alkanes of at least 4 members (excludes halogenated alkanes) is 1. The monoisotopic (exact) mass is 1650 g/mol. The van der Waals surface area contributed by atoms with E-state index in [4.69, 9.17) is 54.2 Å². The Balaban J connectivity index is 1.33. The Hall–Kier alpha value is -9.05. The predicted octanol–water partition coefficient (Wildman–Crippen LogP) is -4.22. The second kappa shape index (κ2) is 59.6. The number of amides is 12. The molecule has 2 aromatic rings. The number of halogens is 1. The van der Waals surface area contributed by atoms with Gasteiger partial charge in [-0.25, -0.2) is 4.39 Å². The van der Waals surface area contributed by atoms with Gasteiger partial charge in [-0.15, -0.1) is 11.8 Å². The van der Waals surface area contributed by atoms with Crippen molar-refractivity contribution in [3.63, 3.8) is 0 Å². The van der Waals surface area contributed by atoms with Gasteiger partial charge >= 0.3 is 5.97 Å². The second-order valence-electron chi connectivity index (χ2n) is 24.8. The van der Waals surface area contributed by atoms with Crippen molar-refractivity contribution in [1.82, 2.24) is 63.8 Å². The summed E-state index contributed by atoms with van der Waals surface area (Å²) in [6.45, 7) is 4.33. The molecule has 7 atom stereocenters. The van der Waals surface area contributed by atoms with Gasteiger partial charge in [0.15, 0.2) is 12.6 Å². The van der Waals surface area contributed by atoms with E-state index in [1.165, 1.54) is 30.5 Å². The van der Waals surface area contributed by atoms with E-state index in [-0.39, 0.29) is 152 Å². The average Bonchev–Trinajstić information content (AvgIpc) is 1.35. The summed E-state index contributed by atoms with van der Waals surface area (Å²) in [6, 6.07) is 3.47. The molecule has 0 unspecified atom stereocenters. The molecule has 113 heavy (non-hydrogen) atoms. The number of aliphatic carboxylic acids is 1. The minimum absolute atomic E-state index is 0.00551. The van der Waals surface area contributed by atoms with Gasteiger partial charge in [0.25, 0.3) is 5.91 Å². The Kier molecular flexibility index (Phi) is 50.8. The van der Waals surface area contributed by atoms with Crippen molar-refractivity contribution in [2.24, 2.45) is 21.6 Å². The van der Waals surface area contributed by atoms with E-state index in [0.29, 0.717) is 64.0 Å². The number of hydrogen-bond donors (Lipinski definition) is 15. The number of hydrogen-bond acceptors (Lipinski definition) is 27. The smallest absolute Gasteiger partial charge is 0.305 e. The first-order valence-electron chi connectivity index (χ1n) is 36.7. The van der Waals surface area contributed by atoms with Crippen LogP contribution >= 0.6 is 33.3 Å². The number of nitrogens with zero attached hydrogens (tertiary/aromatic N) is 2. The van der Waals surface area contributed by atoms with Crippen LogP contribution in [-0.2, 0) is 111 Å². The van der Waals surface area contributed by atoms with E-state index < -0.39 is 145 Å². The van der Waals surface area contributed by atoms with E-state index in [1.807, 2.05) is 6.92 Å². The van der Waals surface area contributed by atoms with Crippen LogP contribution in [0.5, 0.6) is 0 Å². The van der Waals surface area contributed by atoms with E-state index in [0.717, 1.165) is 39.8 Å². The van der Waals surface area contributed by atoms with Gasteiger partial charge in [0.2, 0.25) is 65.0 Å². The quantitative estimate of drug-likeness (QED) is 0.00981. The number of carboxylic acids is 1. The number of nitrogens with two attached hydrogens (primary N) is 2. The lowest BCUT2D eigenvalue weighted by atomic mass is 10.0.